The van der Waals surface area contributed by atoms with Gasteiger partial charge in [-0.2, -0.15) is 5.26 Å². The smallest absolute Gasteiger partial charge is 0.242 e. The molecule has 0 saturated carbocycles. The van der Waals surface area contributed by atoms with Crippen molar-refractivity contribution in [3.8, 4) is 6.07 Å². The van der Waals surface area contributed by atoms with Crippen LogP contribution in [-0.4, -0.2) is 16.1 Å². The van der Waals surface area contributed by atoms with Gasteiger partial charge in [-0.15, -0.1) is 0 Å². The lowest BCUT2D eigenvalue weighted by Crippen LogP contribution is -2.51. The normalized spacial score (nSPS) is 28.7. The topological polar surface area (TPSA) is 110 Å². The van der Waals surface area contributed by atoms with Crippen molar-refractivity contribution in [2.45, 2.75) is 4.32 Å². The minimum absolute atomic E-state index is 0.367. The summed E-state index contributed by atoms with van der Waals surface area (Å²) in [6.07, 6.45) is 2.26. The Hall–Kier alpha value is -1.68. The Labute approximate surface area is 98.7 Å². The molecule has 7 heteroatoms. The molecule has 0 heterocycles. The molecule has 0 aliphatic heterocycles. The van der Waals surface area contributed by atoms with Gasteiger partial charge in [0.2, 0.25) is 11.8 Å². The standard InChI is InChI=1S/C9H7BrFN3O2/c10-9(8(14)16)5(7(13)15)2-1-4(3-12)6(9)11/h1-2,5H,(H2,13,15)(H2,14,16). The fourth-order valence-electron chi connectivity index (χ4n) is 1.37. The summed E-state index contributed by atoms with van der Waals surface area (Å²) in [5, 5.41) is 8.61. The maximum absolute atomic E-state index is 13.8. The van der Waals surface area contributed by atoms with Crippen LogP contribution >= 0.6 is 15.9 Å². The molecule has 2 unspecified atom stereocenters. The van der Waals surface area contributed by atoms with E-state index in [0.717, 1.165) is 6.08 Å². The summed E-state index contributed by atoms with van der Waals surface area (Å²) >= 11 is 2.76. The van der Waals surface area contributed by atoms with Crippen LogP contribution in [0.4, 0.5) is 4.39 Å². The van der Waals surface area contributed by atoms with Gasteiger partial charge >= 0.3 is 0 Å². The Morgan fingerprint density at radius 3 is 2.50 bits per heavy atom. The second-order valence-corrected chi connectivity index (χ2v) is 4.41. The molecular formula is C9H7BrFN3O2. The molecule has 1 rings (SSSR count). The minimum Gasteiger partial charge on any atom is -0.369 e. The highest BCUT2D eigenvalue weighted by atomic mass is 79.9. The van der Waals surface area contributed by atoms with E-state index in [1.165, 1.54) is 6.08 Å². The molecule has 2 amide bonds. The highest BCUT2D eigenvalue weighted by Crippen LogP contribution is 2.41. The van der Waals surface area contributed by atoms with E-state index in [-0.39, 0.29) is 5.57 Å². The molecule has 0 spiro atoms. The van der Waals surface area contributed by atoms with Gasteiger partial charge in [0.1, 0.15) is 11.9 Å². The van der Waals surface area contributed by atoms with E-state index in [1.54, 1.807) is 6.07 Å². The number of carbonyl (C=O) groups excluding carboxylic acids is 2. The lowest BCUT2D eigenvalue weighted by Gasteiger charge is -2.30. The average Bonchev–Trinajstić information content (AvgIpc) is 2.21. The Kier molecular flexibility index (Phi) is 3.14. The number of allylic oxidation sites excluding steroid dienone is 2. The van der Waals surface area contributed by atoms with Crippen molar-refractivity contribution < 1.29 is 14.0 Å². The molecular weight excluding hydrogens is 281 g/mol. The van der Waals surface area contributed by atoms with E-state index in [2.05, 4.69) is 15.9 Å². The van der Waals surface area contributed by atoms with E-state index in [1.807, 2.05) is 0 Å². The van der Waals surface area contributed by atoms with Gasteiger partial charge in [-0.3, -0.25) is 9.59 Å². The summed E-state index contributed by atoms with van der Waals surface area (Å²) in [5.74, 6) is -4.40. The SMILES string of the molecule is N#CC1=C(F)C(Br)(C(N)=O)C(C(N)=O)C=C1. The third-order valence-corrected chi connectivity index (χ3v) is 3.46. The van der Waals surface area contributed by atoms with Crippen LogP contribution in [0.1, 0.15) is 0 Å². The predicted molar refractivity (Wildman–Crippen MR) is 56.4 cm³/mol. The average molecular weight is 288 g/mol. The van der Waals surface area contributed by atoms with E-state index in [0.29, 0.717) is 0 Å². The van der Waals surface area contributed by atoms with Crippen LogP contribution in [-0.2, 0) is 9.59 Å². The van der Waals surface area contributed by atoms with Crippen molar-refractivity contribution in [1.29, 1.82) is 5.26 Å². The summed E-state index contributed by atoms with van der Waals surface area (Å²) in [6, 6.07) is 1.55. The summed E-state index contributed by atoms with van der Waals surface area (Å²) in [7, 11) is 0. The van der Waals surface area contributed by atoms with Crippen LogP contribution in [0.25, 0.3) is 0 Å². The first kappa shape index (κ1) is 12.4. The zero-order chi connectivity index (χ0) is 12.5. The second kappa shape index (κ2) is 4.06. The fourth-order valence-corrected chi connectivity index (χ4v) is 1.96. The predicted octanol–water partition coefficient (Wildman–Crippen LogP) is 0.0239. The van der Waals surface area contributed by atoms with Crippen LogP contribution in [0, 0.1) is 17.2 Å². The Morgan fingerprint density at radius 2 is 2.12 bits per heavy atom. The quantitative estimate of drug-likeness (QED) is 0.699. The molecule has 0 bridgehead atoms. The maximum Gasteiger partial charge on any atom is 0.242 e. The van der Waals surface area contributed by atoms with Gasteiger partial charge in [-0.05, 0) is 6.08 Å². The Bertz CT molecular complexity index is 466. The van der Waals surface area contributed by atoms with Gasteiger partial charge in [0.05, 0.1) is 11.5 Å². The lowest BCUT2D eigenvalue weighted by atomic mass is 9.83. The fraction of sp³-hybridized carbons (Fsp3) is 0.222. The second-order valence-electron chi connectivity index (χ2n) is 3.15. The van der Waals surface area contributed by atoms with Gasteiger partial charge in [0.25, 0.3) is 0 Å². The Balaban J connectivity index is 3.42. The van der Waals surface area contributed by atoms with Crippen LogP contribution in [0.5, 0.6) is 0 Å². The van der Waals surface area contributed by atoms with E-state index in [9.17, 15) is 14.0 Å². The van der Waals surface area contributed by atoms with Gasteiger partial charge in [0, 0.05) is 0 Å². The monoisotopic (exact) mass is 287 g/mol. The minimum atomic E-state index is -2.07. The molecule has 1 aliphatic rings. The molecule has 0 aromatic heterocycles. The molecule has 0 radical (unpaired) electrons. The molecule has 5 nitrogen and oxygen atoms in total. The molecule has 84 valence electrons. The first-order chi connectivity index (χ1) is 7.35. The molecule has 0 aromatic carbocycles. The van der Waals surface area contributed by atoms with Crippen LogP contribution in [0.15, 0.2) is 23.6 Å². The van der Waals surface area contributed by atoms with Crippen molar-refractivity contribution in [3.63, 3.8) is 0 Å². The number of carbonyl (C=O) groups is 2. The van der Waals surface area contributed by atoms with Crippen LogP contribution < -0.4 is 11.5 Å². The molecule has 16 heavy (non-hydrogen) atoms. The Morgan fingerprint density at radius 1 is 1.56 bits per heavy atom. The number of halogens is 2. The number of nitrogens with two attached hydrogens (primary N) is 2. The first-order valence-electron chi connectivity index (χ1n) is 4.12. The molecule has 1 aliphatic carbocycles. The van der Waals surface area contributed by atoms with Crippen molar-refractivity contribution in [1.82, 2.24) is 0 Å². The van der Waals surface area contributed by atoms with E-state index in [4.69, 9.17) is 16.7 Å². The first-order valence-corrected chi connectivity index (χ1v) is 4.91. The van der Waals surface area contributed by atoms with Gasteiger partial charge in [-0.25, -0.2) is 4.39 Å². The van der Waals surface area contributed by atoms with Crippen LogP contribution in [0.3, 0.4) is 0 Å². The summed E-state index contributed by atoms with van der Waals surface area (Å²) < 4.78 is 11.7. The van der Waals surface area contributed by atoms with Crippen molar-refractivity contribution in [3.05, 3.63) is 23.6 Å². The van der Waals surface area contributed by atoms with Crippen molar-refractivity contribution in [2.75, 3.05) is 0 Å². The van der Waals surface area contributed by atoms with E-state index >= 15 is 0 Å². The molecule has 0 fully saturated rings. The molecule has 4 N–H and O–H groups in total. The molecule has 2 atom stereocenters. The number of nitrogens with zero attached hydrogens (tertiary/aromatic N) is 1. The van der Waals surface area contributed by atoms with Crippen molar-refractivity contribution in [2.24, 2.45) is 17.4 Å². The zero-order valence-electron chi connectivity index (χ0n) is 7.91. The molecule has 0 aromatic rings. The van der Waals surface area contributed by atoms with Gasteiger partial charge in [0.15, 0.2) is 4.32 Å². The third-order valence-electron chi connectivity index (χ3n) is 2.23. The largest absolute Gasteiger partial charge is 0.369 e. The third kappa shape index (κ3) is 1.61. The number of primary amides is 2. The zero-order valence-corrected chi connectivity index (χ0v) is 9.49. The highest BCUT2D eigenvalue weighted by molar-refractivity contribution is 9.10. The van der Waals surface area contributed by atoms with Gasteiger partial charge < -0.3 is 11.5 Å². The number of amides is 2. The maximum atomic E-state index is 13.8. The molecule has 0 saturated heterocycles. The van der Waals surface area contributed by atoms with E-state index < -0.39 is 27.9 Å². The number of alkyl halides is 1. The summed E-state index contributed by atoms with van der Waals surface area (Å²) in [5.41, 5.74) is 9.69. The van der Waals surface area contributed by atoms with Crippen molar-refractivity contribution >= 4 is 27.7 Å². The number of nitriles is 1. The summed E-state index contributed by atoms with van der Waals surface area (Å²) in [6.45, 7) is 0. The van der Waals surface area contributed by atoms with Gasteiger partial charge in [-0.1, -0.05) is 22.0 Å². The number of hydrogen-bond donors (Lipinski definition) is 2. The number of hydrogen-bond acceptors (Lipinski definition) is 3. The lowest BCUT2D eigenvalue weighted by molar-refractivity contribution is -0.127. The summed E-state index contributed by atoms with van der Waals surface area (Å²) in [4.78, 5) is 22.3. The number of rotatable bonds is 2. The van der Waals surface area contributed by atoms with Crippen LogP contribution in [0.2, 0.25) is 0 Å². The highest BCUT2D eigenvalue weighted by Gasteiger charge is 2.51.